The fourth-order valence-electron chi connectivity index (χ4n) is 4.92. The molecule has 0 saturated carbocycles. The Morgan fingerprint density at radius 2 is 1.48 bits per heavy atom. The first kappa shape index (κ1) is 30.3. The van der Waals surface area contributed by atoms with Crippen molar-refractivity contribution in [2.24, 2.45) is 0 Å². The molecule has 10 nitrogen and oxygen atoms in total. The predicted octanol–water partition coefficient (Wildman–Crippen LogP) is 4.90. The summed E-state index contributed by atoms with van der Waals surface area (Å²) in [6, 6.07) is 18.3. The summed E-state index contributed by atoms with van der Waals surface area (Å²) in [5.41, 5.74) is 0.981. The summed E-state index contributed by atoms with van der Waals surface area (Å²) in [6.45, 7) is 6.56. The molecule has 10 heteroatoms. The quantitative estimate of drug-likeness (QED) is 0.169. The normalized spacial score (nSPS) is 13.4. The third-order valence-corrected chi connectivity index (χ3v) is 6.83. The molecule has 220 valence electrons. The highest BCUT2D eigenvalue weighted by Gasteiger charge is 2.44. The monoisotopic (exact) mass is 575 g/mol. The van der Waals surface area contributed by atoms with Crippen LogP contribution in [0, 0.1) is 0 Å². The molecule has 0 radical (unpaired) electrons. The number of ether oxygens (including phenoxy) is 5. The molecule has 0 saturated heterocycles. The van der Waals surface area contributed by atoms with E-state index >= 15 is 0 Å². The number of carbonyl (C=O) groups is 4. The van der Waals surface area contributed by atoms with E-state index in [4.69, 9.17) is 23.7 Å². The minimum Gasteiger partial charge on any atom is -0.459 e. The van der Waals surface area contributed by atoms with E-state index in [1.165, 1.54) is 18.7 Å². The van der Waals surface area contributed by atoms with Gasteiger partial charge in [-0.15, -0.1) is 0 Å². The van der Waals surface area contributed by atoms with Gasteiger partial charge < -0.3 is 28.6 Å². The molecule has 4 rings (SSSR count). The Bertz CT molecular complexity index is 1390. The lowest BCUT2D eigenvalue weighted by atomic mass is 9.80. The first-order chi connectivity index (χ1) is 20.2. The second-order valence-electron chi connectivity index (χ2n) is 9.73. The van der Waals surface area contributed by atoms with Crippen LogP contribution in [0.15, 0.2) is 66.7 Å². The number of carbonyl (C=O) groups excluding carboxylic acids is 4. The van der Waals surface area contributed by atoms with E-state index in [1.54, 1.807) is 43.3 Å². The lowest BCUT2D eigenvalue weighted by Crippen LogP contribution is -2.43. The summed E-state index contributed by atoms with van der Waals surface area (Å²) in [7, 11) is 0. The van der Waals surface area contributed by atoms with Gasteiger partial charge in [-0.05, 0) is 43.7 Å². The molecule has 0 spiro atoms. The maximum absolute atomic E-state index is 12.9. The third kappa shape index (κ3) is 6.77. The van der Waals surface area contributed by atoms with Crippen LogP contribution in [0.3, 0.4) is 0 Å². The van der Waals surface area contributed by atoms with Gasteiger partial charge in [0.1, 0.15) is 41.2 Å². The van der Waals surface area contributed by atoms with Crippen molar-refractivity contribution in [2.45, 2.75) is 52.4 Å². The number of hydrogen-bond donors (Lipinski definition) is 0. The lowest BCUT2D eigenvalue weighted by molar-refractivity contribution is -0.153. The fraction of sp³-hybridized carbons (Fsp3) is 0.312. The molecule has 0 bridgehead atoms. The molecule has 1 aliphatic heterocycles. The van der Waals surface area contributed by atoms with E-state index < -0.39 is 29.6 Å². The molecule has 1 aliphatic rings. The molecule has 1 amide bonds. The number of rotatable bonds is 12. The van der Waals surface area contributed by atoms with Gasteiger partial charge in [-0.1, -0.05) is 30.3 Å². The number of benzene rings is 3. The SMILES string of the molecule is CCOC1(CCN(C=O)C(C)C(=O)OCc2ccccc2)c2ccc(OC(C)=O)cc2Oc2cc(OC(C)=O)ccc21. The minimum absolute atomic E-state index is 0.0903. The third-order valence-electron chi connectivity index (χ3n) is 6.83. The number of hydrogen-bond acceptors (Lipinski definition) is 9. The average molecular weight is 576 g/mol. The standard InChI is InChI=1S/C32H33NO9/c1-5-39-32(15-16-33(20-34)21(2)31(37)38-19-24-9-7-6-8-10-24)27-13-11-25(40-22(3)35)17-29(27)42-30-18-26(41-23(4)36)12-14-28(30)32/h6-14,17-18,20-21H,5,15-16,19H2,1-4H3. The highest BCUT2D eigenvalue weighted by molar-refractivity contribution is 5.78. The Balaban J connectivity index is 1.66. The molecule has 0 aliphatic carbocycles. The van der Waals surface area contributed by atoms with Crippen molar-refractivity contribution in [2.75, 3.05) is 13.2 Å². The van der Waals surface area contributed by atoms with E-state index in [0.717, 1.165) is 5.56 Å². The summed E-state index contributed by atoms with van der Waals surface area (Å²) >= 11 is 0. The Kier molecular flexibility index (Phi) is 9.59. The summed E-state index contributed by atoms with van der Waals surface area (Å²) in [6.07, 6.45) is 0.849. The van der Waals surface area contributed by atoms with Gasteiger partial charge in [-0.2, -0.15) is 0 Å². The van der Waals surface area contributed by atoms with Crippen LogP contribution in [0.4, 0.5) is 0 Å². The van der Waals surface area contributed by atoms with Crippen LogP contribution in [0.2, 0.25) is 0 Å². The molecule has 1 atom stereocenters. The van der Waals surface area contributed by atoms with Crippen LogP contribution in [-0.4, -0.2) is 48.4 Å². The van der Waals surface area contributed by atoms with Gasteiger partial charge in [0.2, 0.25) is 6.41 Å². The molecule has 42 heavy (non-hydrogen) atoms. The van der Waals surface area contributed by atoms with Gasteiger partial charge in [0.05, 0.1) is 0 Å². The molecule has 3 aromatic rings. The van der Waals surface area contributed by atoms with Crippen LogP contribution in [0.5, 0.6) is 23.0 Å². The van der Waals surface area contributed by atoms with Gasteiger partial charge in [0.15, 0.2) is 0 Å². The van der Waals surface area contributed by atoms with E-state index in [2.05, 4.69) is 0 Å². The number of nitrogens with zero attached hydrogens (tertiary/aromatic N) is 1. The zero-order valence-corrected chi connectivity index (χ0v) is 24.0. The van der Waals surface area contributed by atoms with Crippen LogP contribution < -0.4 is 14.2 Å². The van der Waals surface area contributed by atoms with Crippen molar-refractivity contribution in [3.8, 4) is 23.0 Å². The maximum Gasteiger partial charge on any atom is 0.328 e. The minimum atomic E-state index is -1.13. The maximum atomic E-state index is 12.9. The second-order valence-corrected chi connectivity index (χ2v) is 9.73. The van der Waals surface area contributed by atoms with Crippen molar-refractivity contribution >= 4 is 24.3 Å². The summed E-state index contributed by atoms with van der Waals surface area (Å²) < 4.78 is 28.6. The Morgan fingerprint density at radius 1 is 0.905 bits per heavy atom. The summed E-state index contributed by atoms with van der Waals surface area (Å²) in [5.74, 6) is -0.249. The molecule has 1 heterocycles. The van der Waals surface area contributed by atoms with Gasteiger partial charge in [0.25, 0.3) is 0 Å². The molecular weight excluding hydrogens is 542 g/mol. The van der Waals surface area contributed by atoms with Crippen molar-refractivity contribution < 1.29 is 42.9 Å². The van der Waals surface area contributed by atoms with Gasteiger partial charge in [-0.3, -0.25) is 14.4 Å². The Hall–Kier alpha value is -4.70. The molecule has 3 aromatic carbocycles. The van der Waals surface area contributed by atoms with E-state index in [9.17, 15) is 19.2 Å². The van der Waals surface area contributed by atoms with Crippen molar-refractivity contribution in [3.63, 3.8) is 0 Å². The topological polar surface area (TPSA) is 118 Å². The fourth-order valence-corrected chi connectivity index (χ4v) is 4.92. The van der Waals surface area contributed by atoms with Crippen molar-refractivity contribution in [3.05, 3.63) is 83.4 Å². The highest BCUT2D eigenvalue weighted by Crippen LogP contribution is 2.52. The number of amides is 1. The Morgan fingerprint density at radius 3 is 1.98 bits per heavy atom. The van der Waals surface area contributed by atoms with E-state index in [-0.39, 0.29) is 31.1 Å². The largest absolute Gasteiger partial charge is 0.459 e. The smallest absolute Gasteiger partial charge is 0.328 e. The molecule has 0 fully saturated rings. The van der Waals surface area contributed by atoms with Crippen LogP contribution >= 0.6 is 0 Å². The first-order valence-corrected chi connectivity index (χ1v) is 13.6. The lowest BCUT2D eigenvalue weighted by Gasteiger charge is -2.41. The van der Waals surface area contributed by atoms with Crippen molar-refractivity contribution in [1.82, 2.24) is 4.90 Å². The van der Waals surface area contributed by atoms with Gasteiger partial charge in [0, 0.05) is 56.7 Å². The first-order valence-electron chi connectivity index (χ1n) is 13.6. The number of esters is 3. The van der Waals surface area contributed by atoms with E-state index in [1.807, 2.05) is 37.3 Å². The molecule has 0 N–H and O–H groups in total. The van der Waals surface area contributed by atoms with E-state index in [0.29, 0.717) is 35.6 Å². The zero-order valence-electron chi connectivity index (χ0n) is 24.0. The number of fused-ring (bicyclic) bond motifs is 2. The van der Waals surface area contributed by atoms with Crippen LogP contribution in [0.25, 0.3) is 0 Å². The average Bonchev–Trinajstić information content (AvgIpc) is 2.96. The predicted molar refractivity (Wildman–Crippen MR) is 151 cm³/mol. The Labute approximate surface area is 244 Å². The molecule has 0 aromatic heterocycles. The second kappa shape index (κ2) is 13.3. The summed E-state index contributed by atoms with van der Waals surface area (Å²) in [5, 5.41) is 0. The highest BCUT2D eigenvalue weighted by atomic mass is 16.5. The summed E-state index contributed by atoms with van der Waals surface area (Å²) in [4.78, 5) is 49.6. The zero-order chi connectivity index (χ0) is 30.3. The van der Waals surface area contributed by atoms with Crippen LogP contribution in [0.1, 0.15) is 50.8 Å². The van der Waals surface area contributed by atoms with Gasteiger partial charge >= 0.3 is 17.9 Å². The molecular formula is C32H33NO9. The van der Waals surface area contributed by atoms with Crippen LogP contribution in [-0.2, 0) is 40.9 Å². The van der Waals surface area contributed by atoms with Crippen molar-refractivity contribution in [1.29, 1.82) is 0 Å². The van der Waals surface area contributed by atoms with Gasteiger partial charge in [-0.25, -0.2) is 4.79 Å². The molecule has 1 unspecified atom stereocenters.